The Kier molecular flexibility index (Phi) is 5.38. The summed E-state index contributed by atoms with van der Waals surface area (Å²) in [7, 11) is -3.06. The smallest absolute Gasteiger partial charge is 0.266 e. The van der Waals surface area contributed by atoms with Gasteiger partial charge in [-0.1, -0.05) is 36.4 Å². The Labute approximate surface area is 196 Å². The maximum Gasteiger partial charge on any atom is 0.266 e. The van der Waals surface area contributed by atoms with Crippen LogP contribution in [0.3, 0.4) is 0 Å². The van der Waals surface area contributed by atoms with Crippen molar-refractivity contribution in [2.24, 2.45) is 0 Å². The summed E-state index contributed by atoms with van der Waals surface area (Å²) >= 11 is 0. The maximum atomic E-state index is 12.9. The molecule has 5 rings (SSSR count). The van der Waals surface area contributed by atoms with Crippen LogP contribution in [-0.4, -0.2) is 40.6 Å². The zero-order valence-electron chi connectivity index (χ0n) is 18.4. The molecule has 3 heterocycles. The molecular formula is C25H21N5O3S. The van der Waals surface area contributed by atoms with Gasteiger partial charge in [0.1, 0.15) is 11.6 Å². The molecule has 8 nitrogen and oxygen atoms in total. The molecule has 0 radical (unpaired) electrons. The summed E-state index contributed by atoms with van der Waals surface area (Å²) in [5.74, 6) is -0.307. The van der Waals surface area contributed by atoms with E-state index in [0.717, 1.165) is 16.2 Å². The van der Waals surface area contributed by atoms with Crippen molar-refractivity contribution in [3.8, 4) is 6.07 Å². The molecule has 4 aromatic rings. The summed E-state index contributed by atoms with van der Waals surface area (Å²) in [5.41, 5.74) is 2.46. The van der Waals surface area contributed by atoms with Crippen molar-refractivity contribution in [3.05, 3.63) is 71.6 Å². The summed E-state index contributed by atoms with van der Waals surface area (Å²) in [6, 6.07) is 16.8. The molecule has 1 saturated heterocycles. The van der Waals surface area contributed by atoms with Gasteiger partial charge in [0.25, 0.3) is 5.91 Å². The van der Waals surface area contributed by atoms with Crippen molar-refractivity contribution in [1.82, 2.24) is 14.8 Å². The number of carbonyl (C=O) groups excluding carboxylic acids is 1. The topological polar surface area (TPSA) is 118 Å². The molecule has 0 aliphatic carbocycles. The van der Waals surface area contributed by atoms with Gasteiger partial charge in [-0.2, -0.15) is 10.4 Å². The van der Waals surface area contributed by atoms with Gasteiger partial charge in [0.2, 0.25) is 0 Å². The lowest BCUT2D eigenvalue weighted by atomic mass is 10.1. The summed E-state index contributed by atoms with van der Waals surface area (Å²) in [4.78, 5) is 17.4. The Bertz CT molecular complexity index is 1620. The number of carbonyl (C=O) groups is 1. The number of benzene rings is 2. The van der Waals surface area contributed by atoms with E-state index in [4.69, 9.17) is 0 Å². The lowest BCUT2D eigenvalue weighted by Gasteiger charge is -2.09. The monoisotopic (exact) mass is 471 g/mol. The molecule has 1 N–H and O–H groups in total. The molecule has 9 heteroatoms. The van der Waals surface area contributed by atoms with E-state index in [1.165, 1.54) is 6.08 Å². The lowest BCUT2D eigenvalue weighted by molar-refractivity contribution is -0.112. The fourth-order valence-electron chi connectivity index (χ4n) is 4.33. The van der Waals surface area contributed by atoms with E-state index in [9.17, 15) is 18.5 Å². The van der Waals surface area contributed by atoms with Crippen LogP contribution in [0, 0.1) is 18.3 Å². The number of rotatable bonds is 4. The number of sulfone groups is 1. The number of hydrogen-bond acceptors (Lipinski definition) is 6. The third-order valence-corrected chi connectivity index (χ3v) is 7.77. The minimum absolute atomic E-state index is 0.0546. The quantitative estimate of drug-likeness (QED) is 0.357. The van der Waals surface area contributed by atoms with Crippen LogP contribution in [0.2, 0.25) is 0 Å². The predicted octanol–water partition coefficient (Wildman–Crippen LogP) is 3.80. The number of nitrogens with zero attached hydrogens (tertiary/aromatic N) is 4. The van der Waals surface area contributed by atoms with E-state index < -0.39 is 15.7 Å². The molecule has 0 saturated carbocycles. The van der Waals surface area contributed by atoms with Gasteiger partial charge in [-0.15, -0.1) is 0 Å². The van der Waals surface area contributed by atoms with E-state index in [2.05, 4.69) is 15.4 Å². The number of anilines is 1. The molecule has 1 atom stereocenters. The molecule has 0 spiro atoms. The highest BCUT2D eigenvalue weighted by Crippen LogP contribution is 2.28. The second-order valence-electron chi connectivity index (χ2n) is 8.38. The molecule has 1 amide bonds. The molecule has 1 aliphatic heterocycles. The van der Waals surface area contributed by atoms with Crippen molar-refractivity contribution in [1.29, 1.82) is 5.26 Å². The highest BCUT2D eigenvalue weighted by Gasteiger charge is 2.31. The number of fused-ring (bicyclic) bond motifs is 2. The molecule has 170 valence electrons. The minimum atomic E-state index is -3.06. The lowest BCUT2D eigenvalue weighted by Crippen LogP contribution is -2.13. The zero-order valence-corrected chi connectivity index (χ0v) is 19.2. The highest BCUT2D eigenvalue weighted by molar-refractivity contribution is 7.91. The molecule has 34 heavy (non-hydrogen) atoms. The van der Waals surface area contributed by atoms with Gasteiger partial charge in [0.05, 0.1) is 23.2 Å². The summed E-state index contributed by atoms with van der Waals surface area (Å²) in [6.45, 7) is 1.83. The molecule has 2 aromatic heterocycles. The van der Waals surface area contributed by atoms with Crippen molar-refractivity contribution < 1.29 is 13.2 Å². The van der Waals surface area contributed by atoms with Crippen molar-refractivity contribution in [2.45, 2.75) is 19.4 Å². The Hall–Kier alpha value is -4.03. The minimum Gasteiger partial charge on any atom is -0.321 e. The molecule has 1 fully saturated rings. The van der Waals surface area contributed by atoms with Crippen LogP contribution in [0.4, 0.5) is 5.69 Å². The van der Waals surface area contributed by atoms with Crippen LogP contribution in [0.1, 0.15) is 23.7 Å². The van der Waals surface area contributed by atoms with E-state index in [1.54, 1.807) is 16.9 Å². The highest BCUT2D eigenvalue weighted by atomic mass is 32.2. The van der Waals surface area contributed by atoms with E-state index >= 15 is 0 Å². The van der Waals surface area contributed by atoms with Crippen molar-refractivity contribution in [2.75, 3.05) is 16.8 Å². The number of nitriles is 1. The fourth-order valence-corrected chi connectivity index (χ4v) is 6.02. The first-order valence-electron chi connectivity index (χ1n) is 10.8. The normalized spacial score (nSPS) is 17.6. The fraction of sp³-hybridized carbons (Fsp3) is 0.200. The molecule has 0 unspecified atom stereocenters. The number of nitrogens with one attached hydrogen (secondary N) is 1. The van der Waals surface area contributed by atoms with Crippen LogP contribution < -0.4 is 5.32 Å². The first-order valence-corrected chi connectivity index (χ1v) is 12.6. The van der Waals surface area contributed by atoms with Gasteiger partial charge >= 0.3 is 0 Å². The van der Waals surface area contributed by atoms with Crippen molar-refractivity contribution in [3.63, 3.8) is 0 Å². The largest absolute Gasteiger partial charge is 0.321 e. The Balaban J connectivity index is 1.45. The summed E-state index contributed by atoms with van der Waals surface area (Å²) in [5, 5.41) is 19.6. The van der Waals surface area contributed by atoms with E-state index in [0.29, 0.717) is 29.0 Å². The van der Waals surface area contributed by atoms with Crippen molar-refractivity contribution >= 4 is 49.3 Å². The zero-order chi connectivity index (χ0) is 23.9. The summed E-state index contributed by atoms with van der Waals surface area (Å²) in [6.07, 6.45) is 3.56. The van der Waals surface area contributed by atoms with E-state index in [1.807, 2.05) is 55.5 Å². The number of pyridine rings is 1. The van der Waals surface area contributed by atoms with Crippen LogP contribution in [0.15, 0.2) is 60.3 Å². The molecular weight excluding hydrogens is 450 g/mol. The maximum absolute atomic E-state index is 12.9. The first-order chi connectivity index (χ1) is 16.3. The number of amides is 1. The SMILES string of the molecule is Cc1nn([C@@H]2CCS(=O)(=O)C2)c2ncc(/C=C(\C#N)C(=O)Nc3cccc4ccccc34)cc12. The van der Waals surface area contributed by atoms with Crippen LogP contribution in [0.25, 0.3) is 27.9 Å². The average Bonchev–Trinajstić information content (AvgIpc) is 3.36. The van der Waals surface area contributed by atoms with Gasteiger partial charge < -0.3 is 5.32 Å². The van der Waals surface area contributed by atoms with Crippen LogP contribution in [-0.2, 0) is 14.6 Å². The van der Waals surface area contributed by atoms with Gasteiger partial charge in [-0.25, -0.2) is 18.1 Å². The van der Waals surface area contributed by atoms with Crippen LogP contribution >= 0.6 is 0 Å². The number of hydrogen-bond donors (Lipinski definition) is 1. The standard InChI is InChI=1S/C25H21N5O3S/c1-16-22-12-17(14-27-24(22)30(29-16)20-9-10-34(32,33)15-20)11-19(13-26)25(31)28-23-8-4-6-18-5-2-3-7-21(18)23/h2-8,11-12,14,20H,9-10,15H2,1H3,(H,28,31)/b19-11+/t20-/m1/s1. The first kappa shape index (κ1) is 21.8. The van der Waals surface area contributed by atoms with Crippen LogP contribution in [0.5, 0.6) is 0 Å². The van der Waals surface area contributed by atoms with E-state index in [-0.39, 0.29) is 23.1 Å². The van der Waals surface area contributed by atoms with Gasteiger partial charge in [0, 0.05) is 22.7 Å². The Morgan fingerprint density at radius 2 is 2.00 bits per heavy atom. The Morgan fingerprint density at radius 3 is 2.76 bits per heavy atom. The van der Waals surface area contributed by atoms with Gasteiger partial charge in [0.15, 0.2) is 15.5 Å². The third-order valence-electron chi connectivity index (χ3n) is 6.02. The average molecular weight is 472 g/mol. The van der Waals surface area contributed by atoms with Gasteiger partial charge in [-0.05, 0) is 42.5 Å². The molecule has 2 aromatic carbocycles. The van der Waals surface area contributed by atoms with Gasteiger partial charge in [-0.3, -0.25) is 4.79 Å². The second-order valence-corrected chi connectivity index (χ2v) is 10.6. The molecule has 1 aliphatic rings. The Morgan fingerprint density at radius 1 is 1.21 bits per heavy atom. The second kappa shape index (κ2) is 8.39. The number of aryl methyl sites for hydroxylation is 1. The third kappa shape index (κ3) is 4.04. The number of aromatic nitrogens is 3. The summed E-state index contributed by atoms with van der Waals surface area (Å²) < 4.78 is 25.5. The molecule has 0 bridgehead atoms. The predicted molar refractivity (Wildman–Crippen MR) is 131 cm³/mol.